The Labute approximate surface area is 155 Å². The maximum atomic E-state index is 12.3. The summed E-state index contributed by atoms with van der Waals surface area (Å²) in [4.78, 5) is 37.2. The minimum absolute atomic E-state index is 0. The number of nitrogens with two attached hydrogens (primary N) is 1. The van der Waals surface area contributed by atoms with E-state index in [2.05, 4.69) is 5.32 Å². The number of carboxylic acid groups (broad SMARTS) is 1. The van der Waals surface area contributed by atoms with Crippen LogP contribution in [0.3, 0.4) is 0 Å². The van der Waals surface area contributed by atoms with Gasteiger partial charge < -0.3 is 16.2 Å². The van der Waals surface area contributed by atoms with Crippen molar-refractivity contribution in [2.75, 3.05) is 5.75 Å². The normalized spacial score (nSPS) is 23.1. The molecule has 0 bridgehead atoms. The second-order valence-corrected chi connectivity index (χ2v) is 6.82. The topological polar surface area (TPSA) is 113 Å². The van der Waals surface area contributed by atoms with E-state index < -0.39 is 35.2 Å². The highest BCUT2D eigenvalue weighted by molar-refractivity contribution is 8.00. The Balaban J connectivity index is 0.00000225. The summed E-state index contributed by atoms with van der Waals surface area (Å²) in [6.45, 7) is 1.69. The van der Waals surface area contributed by atoms with Crippen molar-refractivity contribution in [1.82, 2.24) is 10.2 Å². The first kappa shape index (κ1) is 19.3. The number of aliphatic carboxylic acids is 1. The Hall–Kier alpha value is -2.03. The number of benzene rings is 1. The van der Waals surface area contributed by atoms with Crippen LogP contribution < -0.4 is 11.1 Å². The summed E-state index contributed by atoms with van der Waals surface area (Å²) >= 11 is 1.43. The predicted molar refractivity (Wildman–Crippen MR) is 96.0 cm³/mol. The summed E-state index contributed by atoms with van der Waals surface area (Å²) in [6, 6.07) is 7.23. The summed E-state index contributed by atoms with van der Waals surface area (Å²) in [6.07, 6.45) is 0. The Morgan fingerprint density at radius 1 is 1.36 bits per heavy atom. The lowest BCUT2D eigenvalue weighted by Gasteiger charge is -2.49. The first-order valence-electron chi connectivity index (χ1n) is 7.40. The van der Waals surface area contributed by atoms with E-state index in [0.717, 1.165) is 0 Å². The molecule has 1 fully saturated rings. The van der Waals surface area contributed by atoms with E-state index in [-0.39, 0.29) is 18.1 Å². The standard InChI is InChI=1S/C16H17N3O4S.ClH/c1-8-7-24-15-11(14(21)19(15)12(8)16(22)23)18-13(20)10(17)9-5-3-2-4-6-9;/h2-6,10-11,15H,7,17H2,1H3,(H,18,20)(H,22,23);1H/t10-,11+,15+;/m0./s1. The van der Waals surface area contributed by atoms with Crippen molar-refractivity contribution in [2.24, 2.45) is 5.73 Å². The van der Waals surface area contributed by atoms with E-state index in [1.165, 1.54) is 16.7 Å². The number of rotatable bonds is 4. The van der Waals surface area contributed by atoms with Crippen LogP contribution in [0.2, 0.25) is 0 Å². The van der Waals surface area contributed by atoms with Gasteiger partial charge in [-0.3, -0.25) is 14.5 Å². The highest BCUT2D eigenvalue weighted by atomic mass is 35.5. The first-order chi connectivity index (χ1) is 11.4. The minimum atomic E-state index is -1.13. The molecule has 25 heavy (non-hydrogen) atoms. The largest absolute Gasteiger partial charge is 0.477 e. The molecule has 2 aliphatic heterocycles. The molecule has 1 aromatic carbocycles. The van der Waals surface area contributed by atoms with Crippen LogP contribution in [0.4, 0.5) is 0 Å². The van der Waals surface area contributed by atoms with E-state index in [4.69, 9.17) is 5.73 Å². The fourth-order valence-corrected chi connectivity index (χ4v) is 4.12. The van der Waals surface area contributed by atoms with Gasteiger partial charge in [0.15, 0.2) is 0 Å². The molecule has 0 spiro atoms. The van der Waals surface area contributed by atoms with Crippen molar-refractivity contribution < 1.29 is 19.5 Å². The molecule has 0 saturated carbocycles. The number of fused-ring (bicyclic) bond motifs is 1. The Morgan fingerprint density at radius 3 is 2.60 bits per heavy atom. The molecule has 7 nitrogen and oxygen atoms in total. The van der Waals surface area contributed by atoms with Crippen molar-refractivity contribution in [3.63, 3.8) is 0 Å². The molecular weight excluding hydrogens is 366 g/mol. The van der Waals surface area contributed by atoms with Gasteiger partial charge in [-0.15, -0.1) is 24.2 Å². The van der Waals surface area contributed by atoms with Crippen LogP contribution in [-0.2, 0) is 14.4 Å². The third-order valence-electron chi connectivity index (χ3n) is 4.10. The lowest BCUT2D eigenvalue weighted by Crippen LogP contribution is -2.71. The quantitative estimate of drug-likeness (QED) is 0.665. The fraction of sp³-hybridized carbons (Fsp3) is 0.312. The van der Waals surface area contributed by atoms with Gasteiger partial charge in [-0.05, 0) is 18.1 Å². The number of thioether (sulfide) groups is 1. The molecule has 3 atom stereocenters. The number of β-lactam (4-membered cyclic amide) rings is 1. The van der Waals surface area contributed by atoms with E-state index in [9.17, 15) is 19.5 Å². The van der Waals surface area contributed by atoms with Crippen LogP contribution in [0, 0.1) is 0 Å². The Morgan fingerprint density at radius 2 is 2.00 bits per heavy atom. The lowest BCUT2D eigenvalue weighted by molar-refractivity contribution is -0.150. The SMILES string of the molecule is CC1=C(C(=O)O)N2C(=O)[C@@H](NC(=O)[C@@H](N)c3ccccc3)[C@H]2SC1.Cl. The van der Waals surface area contributed by atoms with E-state index in [0.29, 0.717) is 16.9 Å². The first-order valence-corrected chi connectivity index (χ1v) is 8.45. The lowest BCUT2D eigenvalue weighted by atomic mass is 10.0. The van der Waals surface area contributed by atoms with Crippen LogP contribution >= 0.6 is 24.2 Å². The fourth-order valence-electron chi connectivity index (χ4n) is 2.83. The molecule has 2 amide bonds. The van der Waals surface area contributed by atoms with Gasteiger partial charge in [-0.1, -0.05) is 30.3 Å². The van der Waals surface area contributed by atoms with Crippen molar-refractivity contribution in [1.29, 1.82) is 0 Å². The average molecular weight is 384 g/mol. The zero-order valence-corrected chi connectivity index (χ0v) is 15.0. The van der Waals surface area contributed by atoms with Crippen LogP contribution in [0.25, 0.3) is 0 Å². The van der Waals surface area contributed by atoms with Crippen molar-refractivity contribution in [3.05, 3.63) is 47.2 Å². The van der Waals surface area contributed by atoms with Gasteiger partial charge in [0.25, 0.3) is 5.91 Å². The van der Waals surface area contributed by atoms with Crippen molar-refractivity contribution >= 4 is 42.0 Å². The third kappa shape index (κ3) is 3.37. The molecule has 2 heterocycles. The van der Waals surface area contributed by atoms with E-state index >= 15 is 0 Å². The zero-order chi connectivity index (χ0) is 17.4. The molecule has 0 radical (unpaired) electrons. The molecule has 1 aromatic rings. The van der Waals surface area contributed by atoms with Crippen LogP contribution in [-0.4, -0.2) is 45.0 Å². The molecular formula is C16H18ClN3O4S. The second kappa shape index (κ2) is 7.47. The molecule has 9 heteroatoms. The maximum absolute atomic E-state index is 12.3. The Bertz CT molecular complexity index is 740. The molecule has 0 unspecified atom stereocenters. The molecule has 0 aliphatic carbocycles. The second-order valence-electron chi connectivity index (χ2n) is 5.72. The molecule has 2 aliphatic rings. The summed E-state index contributed by atoms with van der Waals surface area (Å²) in [5, 5.41) is 11.5. The number of carbonyl (C=O) groups is 3. The molecule has 134 valence electrons. The number of hydrogen-bond donors (Lipinski definition) is 3. The number of nitrogens with zero attached hydrogens (tertiary/aromatic N) is 1. The number of hydrogen-bond acceptors (Lipinski definition) is 5. The van der Waals surface area contributed by atoms with Gasteiger partial charge in [0, 0.05) is 5.75 Å². The van der Waals surface area contributed by atoms with Gasteiger partial charge in [-0.2, -0.15) is 0 Å². The summed E-state index contributed by atoms with van der Waals surface area (Å²) in [7, 11) is 0. The van der Waals surface area contributed by atoms with Gasteiger partial charge in [0.1, 0.15) is 23.2 Å². The number of carboxylic acids is 1. The van der Waals surface area contributed by atoms with Crippen LogP contribution in [0.1, 0.15) is 18.5 Å². The number of carbonyl (C=O) groups excluding carboxylic acids is 2. The van der Waals surface area contributed by atoms with Crippen LogP contribution in [0.5, 0.6) is 0 Å². The van der Waals surface area contributed by atoms with Gasteiger partial charge >= 0.3 is 5.97 Å². The van der Waals surface area contributed by atoms with Gasteiger partial charge in [-0.25, -0.2) is 4.79 Å². The minimum Gasteiger partial charge on any atom is -0.477 e. The van der Waals surface area contributed by atoms with Crippen molar-refractivity contribution in [2.45, 2.75) is 24.4 Å². The summed E-state index contributed by atoms with van der Waals surface area (Å²) < 4.78 is 0. The zero-order valence-electron chi connectivity index (χ0n) is 13.3. The predicted octanol–water partition coefficient (Wildman–Crippen LogP) is 0.867. The third-order valence-corrected chi connectivity index (χ3v) is 5.52. The monoisotopic (exact) mass is 383 g/mol. The number of nitrogens with one attached hydrogen (secondary N) is 1. The van der Waals surface area contributed by atoms with Crippen molar-refractivity contribution in [3.8, 4) is 0 Å². The van der Waals surface area contributed by atoms with Gasteiger partial charge in [0.05, 0.1) is 0 Å². The maximum Gasteiger partial charge on any atom is 0.352 e. The molecule has 4 N–H and O–H groups in total. The molecule has 3 rings (SSSR count). The van der Waals surface area contributed by atoms with Gasteiger partial charge in [0.2, 0.25) is 5.91 Å². The number of amides is 2. The van der Waals surface area contributed by atoms with E-state index in [1.807, 2.05) is 6.07 Å². The summed E-state index contributed by atoms with van der Waals surface area (Å²) in [5.41, 5.74) is 7.24. The Kier molecular flexibility index (Phi) is 5.76. The smallest absolute Gasteiger partial charge is 0.352 e. The van der Waals surface area contributed by atoms with Crippen LogP contribution in [0.15, 0.2) is 41.6 Å². The highest BCUT2D eigenvalue weighted by Crippen LogP contribution is 2.40. The highest BCUT2D eigenvalue weighted by Gasteiger charge is 2.53. The molecule has 0 aromatic heterocycles. The molecule has 1 saturated heterocycles. The average Bonchev–Trinajstić information content (AvgIpc) is 2.59. The summed E-state index contributed by atoms with van der Waals surface area (Å²) in [5.74, 6) is -1.50. The van der Waals surface area contributed by atoms with E-state index in [1.54, 1.807) is 31.2 Å². The number of halogens is 1.